The van der Waals surface area contributed by atoms with Crippen LogP contribution in [0.4, 0.5) is 20.6 Å². The van der Waals surface area contributed by atoms with Crippen LogP contribution in [0.3, 0.4) is 0 Å². The number of carbonyl (C=O) groups excluding carboxylic acids is 3. The molecule has 0 bridgehead atoms. The van der Waals surface area contributed by atoms with Crippen LogP contribution in [0.1, 0.15) is 26.0 Å². The first-order valence-corrected chi connectivity index (χ1v) is 11.4. The van der Waals surface area contributed by atoms with Crippen LogP contribution in [0, 0.1) is 5.82 Å². The van der Waals surface area contributed by atoms with E-state index in [1.807, 2.05) is 0 Å². The van der Waals surface area contributed by atoms with Gasteiger partial charge in [0.2, 0.25) is 5.91 Å². The Balaban J connectivity index is 0.00000361. The summed E-state index contributed by atoms with van der Waals surface area (Å²) in [7, 11) is 0. The van der Waals surface area contributed by atoms with Crippen molar-refractivity contribution in [3.8, 4) is 0 Å². The van der Waals surface area contributed by atoms with Gasteiger partial charge in [-0.05, 0) is 23.8 Å². The summed E-state index contributed by atoms with van der Waals surface area (Å²) in [6.07, 6.45) is -2.40. The SMILES string of the molecule is C.CC(=O)NC[C@H]1CN(c2ccc(N3CCNN(C(=O)[C@H](O)c4ccccc4)CC3)c(F)c2)C(=O)O1. The topological polar surface area (TPSA) is 114 Å². The number of benzene rings is 2. The maximum atomic E-state index is 15.1. The standard InChI is InChI=1S/C24H28FN5O5.CH4/c1-16(31)26-14-19-15-29(24(34)35-19)18-7-8-21(20(25)13-18)28-10-9-27-30(12-11-28)23(33)22(32)17-5-3-2-4-6-17;/h2-8,13,19,22,27,32H,9-12,14-15H2,1H3,(H,26,31);1H4/t19-,22+;/m0./s1. The third-order valence-corrected chi connectivity index (χ3v) is 5.93. The molecule has 0 aliphatic carbocycles. The number of hydrazine groups is 1. The van der Waals surface area contributed by atoms with Crippen molar-refractivity contribution in [2.24, 2.45) is 0 Å². The Morgan fingerprint density at radius 2 is 1.94 bits per heavy atom. The summed E-state index contributed by atoms with van der Waals surface area (Å²) in [5.41, 5.74) is 4.20. The molecule has 2 aliphatic heterocycles. The van der Waals surface area contributed by atoms with Gasteiger partial charge in [-0.15, -0.1) is 0 Å². The molecule has 2 atom stereocenters. The smallest absolute Gasteiger partial charge is 0.414 e. The molecule has 2 saturated heterocycles. The van der Waals surface area contributed by atoms with Gasteiger partial charge in [0.1, 0.15) is 11.9 Å². The number of nitrogens with one attached hydrogen (secondary N) is 2. The van der Waals surface area contributed by atoms with Crippen molar-refractivity contribution in [1.29, 1.82) is 0 Å². The van der Waals surface area contributed by atoms with Gasteiger partial charge in [-0.25, -0.2) is 14.6 Å². The summed E-state index contributed by atoms with van der Waals surface area (Å²) >= 11 is 0. The number of carbonyl (C=O) groups is 3. The molecule has 2 aromatic carbocycles. The van der Waals surface area contributed by atoms with Gasteiger partial charge in [-0.2, -0.15) is 0 Å². The molecular weight excluding hydrogens is 469 g/mol. The van der Waals surface area contributed by atoms with E-state index in [0.29, 0.717) is 36.6 Å². The molecule has 36 heavy (non-hydrogen) atoms. The maximum absolute atomic E-state index is 15.1. The number of ether oxygens (including phenoxy) is 1. The van der Waals surface area contributed by atoms with Crippen molar-refractivity contribution in [3.05, 3.63) is 59.9 Å². The van der Waals surface area contributed by atoms with E-state index in [2.05, 4.69) is 10.7 Å². The van der Waals surface area contributed by atoms with Crippen molar-refractivity contribution in [3.63, 3.8) is 0 Å². The van der Waals surface area contributed by atoms with Crippen LogP contribution in [-0.2, 0) is 14.3 Å². The van der Waals surface area contributed by atoms with Gasteiger partial charge in [-0.3, -0.25) is 19.5 Å². The van der Waals surface area contributed by atoms with E-state index >= 15 is 4.39 Å². The van der Waals surface area contributed by atoms with Crippen molar-refractivity contribution in [1.82, 2.24) is 15.8 Å². The lowest BCUT2D eigenvalue weighted by Crippen LogP contribution is -2.46. The maximum Gasteiger partial charge on any atom is 0.414 e. The Labute approximate surface area is 209 Å². The molecule has 0 unspecified atom stereocenters. The molecule has 3 amide bonds. The van der Waals surface area contributed by atoms with E-state index in [1.165, 1.54) is 22.9 Å². The highest BCUT2D eigenvalue weighted by molar-refractivity contribution is 5.90. The van der Waals surface area contributed by atoms with Gasteiger partial charge in [0.15, 0.2) is 6.10 Å². The number of amides is 3. The molecule has 0 aromatic heterocycles. The second kappa shape index (κ2) is 11.8. The largest absolute Gasteiger partial charge is 0.442 e. The summed E-state index contributed by atoms with van der Waals surface area (Å²) in [6.45, 7) is 3.17. The van der Waals surface area contributed by atoms with Crippen LogP contribution in [0.5, 0.6) is 0 Å². The molecule has 0 radical (unpaired) electrons. The third-order valence-electron chi connectivity index (χ3n) is 5.93. The van der Waals surface area contributed by atoms with Gasteiger partial charge >= 0.3 is 6.09 Å². The predicted molar refractivity (Wildman–Crippen MR) is 133 cm³/mol. The average Bonchev–Trinajstić information content (AvgIpc) is 3.06. The van der Waals surface area contributed by atoms with Crippen molar-refractivity contribution in [2.45, 2.75) is 26.6 Å². The molecule has 2 fully saturated rings. The van der Waals surface area contributed by atoms with Gasteiger partial charge in [-0.1, -0.05) is 37.8 Å². The third kappa shape index (κ3) is 6.10. The quantitative estimate of drug-likeness (QED) is 0.553. The lowest BCUT2D eigenvalue weighted by atomic mass is 10.1. The number of rotatable bonds is 6. The molecule has 3 N–H and O–H groups in total. The molecule has 4 rings (SSSR count). The Morgan fingerprint density at radius 1 is 1.19 bits per heavy atom. The van der Waals surface area contributed by atoms with Crippen molar-refractivity contribution in [2.75, 3.05) is 49.1 Å². The van der Waals surface area contributed by atoms with E-state index in [9.17, 15) is 19.5 Å². The Morgan fingerprint density at radius 3 is 2.64 bits per heavy atom. The predicted octanol–water partition coefficient (Wildman–Crippen LogP) is 1.81. The van der Waals surface area contributed by atoms with Crippen molar-refractivity contribution >= 4 is 29.3 Å². The van der Waals surface area contributed by atoms with Crippen LogP contribution in [0.15, 0.2) is 48.5 Å². The van der Waals surface area contributed by atoms with Gasteiger partial charge < -0.3 is 20.1 Å². The summed E-state index contributed by atoms with van der Waals surface area (Å²) in [5, 5.41) is 14.4. The van der Waals surface area contributed by atoms with E-state index in [1.54, 1.807) is 47.4 Å². The van der Waals surface area contributed by atoms with Gasteiger partial charge in [0.25, 0.3) is 5.91 Å². The normalized spacial score (nSPS) is 18.7. The average molecular weight is 502 g/mol. The molecule has 0 saturated carbocycles. The van der Waals surface area contributed by atoms with Crippen LogP contribution in [0.25, 0.3) is 0 Å². The van der Waals surface area contributed by atoms with Gasteiger partial charge in [0, 0.05) is 26.6 Å². The number of halogens is 1. The van der Waals surface area contributed by atoms with E-state index in [-0.39, 0.29) is 33.0 Å². The minimum atomic E-state index is -1.29. The first-order valence-electron chi connectivity index (χ1n) is 11.4. The van der Waals surface area contributed by atoms with Crippen LogP contribution in [-0.4, -0.2) is 73.4 Å². The van der Waals surface area contributed by atoms with Crippen LogP contribution < -0.4 is 20.5 Å². The Kier molecular flexibility index (Phi) is 8.83. The zero-order chi connectivity index (χ0) is 24.9. The fourth-order valence-electron chi connectivity index (χ4n) is 4.10. The number of aliphatic hydroxyl groups is 1. The minimum Gasteiger partial charge on any atom is -0.442 e. The second-order valence-electron chi connectivity index (χ2n) is 8.39. The highest BCUT2D eigenvalue weighted by atomic mass is 19.1. The lowest BCUT2D eigenvalue weighted by Gasteiger charge is -2.25. The Hall–Kier alpha value is -3.70. The summed E-state index contributed by atoms with van der Waals surface area (Å²) < 4.78 is 20.3. The fourth-order valence-corrected chi connectivity index (χ4v) is 4.10. The number of nitrogens with zero attached hydrogens (tertiary/aromatic N) is 3. The Bertz CT molecular complexity index is 1090. The molecule has 2 aromatic rings. The number of anilines is 2. The van der Waals surface area contributed by atoms with E-state index in [0.717, 1.165) is 0 Å². The van der Waals surface area contributed by atoms with Crippen LogP contribution in [0.2, 0.25) is 0 Å². The van der Waals surface area contributed by atoms with E-state index in [4.69, 9.17) is 4.74 Å². The molecule has 0 spiro atoms. The van der Waals surface area contributed by atoms with Gasteiger partial charge in [0.05, 0.1) is 31.0 Å². The molecular formula is C25H32FN5O5. The fraction of sp³-hybridized carbons (Fsp3) is 0.400. The zero-order valence-corrected chi connectivity index (χ0v) is 19.3. The highest BCUT2D eigenvalue weighted by Gasteiger charge is 2.33. The molecule has 10 nitrogen and oxygen atoms in total. The van der Waals surface area contributed by atoms with Crippen molar-refractivity contribution < 1.29 is 28.6 Å². The highest BCUT2D eigenvalue weighted by Crippen LogP contribution is 2.28. The summed E-state index contributed by atoms with van der Waals surface area (Å²) in [4.78, 5) is 39.2. The molecule has 2 aliphatic rings. The second-order valence-corrected chi connectivity index (χ2v) is 8.39. The number of hydrogen-bond donors (Lipinski definition) is 3. The number of hydrogen-bond acceptors (Lipinski definition) is 7. The molecule has 194 valence electrons. The first-order chi connectivity index (χ1) is 16.8. The first kappa shape index (κ1) is 26.9. The summed E-state index contributed by atoms with van der Waals surface area (Å²) in [6, 6.07) is 13.2. The molecule has 11 heteroatoms. The minimum absolute atomic E-state index is 0. The summed E-state index contributed by atoms with van der Waals surface area (Å²) in [5.74, 6) is -1.21. The monoisotopic (exact) mass is 501 g/mol. The number of cyclic esters (lactones) is 1. The molecule has 2 heterocycles. The lowest BCUT2D eigenvalue weighted by molar-refractivity contribution is -0.143. The van der Waals surface area contributed by atoms with Crippen LogP contribution >= 0.6 is 0 Å². The van der Waals surface area contributed by atoms with E-state index < -0.39 is 30.0 Å². The zero-order valence-electron chi connectivity index (χ0n) is 19.3. The number of aliphatic hydroxyl groups excluding tert-OH is 1.